The molecule has 0 aliphatic carbocycles. The van der Waals surface area contributed by atoms with E-state index in [0.29, 0.717) is 22.0 Å². The minimum atomic E-state index is -0.227. The number of halogens is 1. The molecule has 92 valence electrons. The predicted octanol–water partition coefficient (Wildman–Crippen LogP) is 3.48. The van der Waals surface area contributed by atoms with Crippen LogP contribution < -0.4 is 11.1 Å². The lowest BCUT2D eigenvalue weighted by molar-refractivity contribution is 0.102. The zero-order valence-corrected chi connectivity index (χ0v) is 10.7. The van der Waals surface area contributed by atoms with Gasteiger partial charge in [-0.3, -0.25) is 4.79 Å². The fraction of sp³-hybridized carbons (Fsp3) is 0.0714. The maximum atomic E-state index is 12.0. The lowest BCUT2D eigenvalue weighted by atomic mass is 10.1. The molecule has 0 aliphatic heterocycles. The molecular weight excluding hydrogens is 248 g/mol. The van der Waals surface area contributed by atoms with E-state index in [2.05, 4.69) is 5.32 Å². The first-order valence-corrected chi connectivity index (χ1v) is 5.88. The average Bonchev–Trinajstić information content (AvgIpc) is 2.35. The number of hydrogen-bond acceptors (Lipinski definition) is 2. The number of nitrogen functional groups attached to an aromatic ring is 1. The van der Waals surface area contributed by atoms with Crippen molar-refractivity contribution in [3.05, 3.63) is 58.6 Å². The van der Waals surface area contributed by atoms with E-state index in [1.54, 1.807) is 30.3 Å². The quantitative estimate of drug-likeness (QED) is 0.812. The molecule has 0 radical (unpaired) electrons. The third-order valence-electron chi connectivity index (χ3n) is 2.59. The van der Waals surface area contributed by atoms with E-state index in [9.17, 15) is 4.79 Å². The summed E-state index contributed by atoms with van der Waals surface area (Å²) < 4.78 is 0. The molecular formula is C14H13ClN2O. The van der Waals surface area contributed by atoms with E-state index in [4.69, 9.17) is 17.3 Å². The van der Waals surface area contributed by atoms with E-state index in [0.717, 1.165) is 5.56 Å². The Labute approximate surface area is 111 Å². The molecule has 0 heterocycles. The molecule has 4 heteroatoms. The number of amides is 1. The maximum absolute atomic E-state index is 12.0. The van der Waals surface area contributed by atoms with Gasteiger partial charge >= 0.3 is 0 Å². The van der Waals surface area contributed by atoms with Crippen LogP contribution in [-0.4, -0.2) is 5.91 Å². The van der Waals surface area contributed by atoms with Crippen LogP contribution in [0.3, 0.4) is 0 Å². The van der Waals surface area contributed by atoms with Crippen LogP contribution in [0, 0.1) is 6.92 Å². The van der Waals surface area contributed by atoms with Crippen LogP contribution in [-0.2, 0) is 0 Å². The SMILES string of the molecule is Cc1cccc(NC(=O)c2cccc(N)c2)c1Cl. The molecule has 2 rings (SSSR count). The summed E-state index contributed by atoms with van der Waals surface area (Å²) in [5, 5.41) is 3.32. The Balaban J connectivity index is 2.24. The number of aryl methyl sites for hydroxylation is 1. The molecule has 1 amide bonds. The normalized spacial score (nSPS) is 10.1. The highest BCUT2D eigenvalue weighted by atomic mass is 35.5. The van der Waals surface area contributed by atoms with Gasteiger partial charge in [-0.2, -0.15) is 0 Å². The Kier molecular flexibility index (Phi) is 3.53. The molecule has 2 aromatic carbocycles. The Morgan fingerprint density at radius 2 is 1.94 bits per heavy atom. The van der Waals surface area contributed by atoms with Crippen LogP contribution in [0.5, 0.6) is 0 Å². The van der Waals surface area contributed by atoms with E-state index in [-0.39, 0.29) is 5.91 Å². The molecule has 0 saturated carbocycles. The molecule has 0 unspecified atom stereocenters. The van der Waals surface area contributed by atoms with Crippen molar-refractivity contribution in [3.63, 3.8) is 0 Å². The summed E-state index contributed by atoms with van der Waals surface area (Å²) in [5.41, 5.74) is 8.22. The molecule has 3 N–H and O–H groups in total. The predicted molar refractivity (Wildman–Crippen MR) is 75.0 cm³/mol. The van der Waals surface area contributed by atoms with E-state index < -0.39 is 0 Å². The van der Waals surface area contributed by atoms with Gasteiger partial charge in [0, 0.05) is 11.3 Å². The van der Waals surface area contributed by atoms with Gasteiger partial charge in [0.15, 0.2) is 0 Å². The smallest absolute Gasteiger partial charge is 0.255 e. The summed E-state index contributed by atoms with van der Waals surface area (Å²) in [6.45, 7) is 1.89. The minimum Gasteiger partial charge on any atom is -0.399 e. The molecule has 0 bridgehead atoms. The first-order valence-electron chi connectivity index (χ1n) is 5.50. The standard InChI is InChI=1S/C14H13ClN2O/c1-9-4-2-7-12(13(9)15)17-14(18)10-5-3-6-11(16)8-10/h2-8H,16H2,1H3,(H,17,18). The van der Waals surface area contributed by atoms with Crippen LogP contribution in [0.15, 0.2) is 42.5 Å². The Morgan fingerprint density at radius 3 is 2.67 bits per heavy atom. The summed E-state index contributed by atoms with van der Waals surface area (Å²) in [7, 11) is 0. The number of nitrogens with one attached hydrogen (secondary N) is 1. The highest BCUT2D eigenvalue weighted by molar-refractivity contribution is 6.34. The van der Waals surface area contributed by atoms with Crippen molar-refractivity contribution < 1.29 is 4.79 Å². The molecule has 3 nitrogen and oxygen atoms in total. The lowest BCUT2D eigenvalue weighted by Crippen LogP contribution is -2.12. The molecule has 0 saturated heterocycles. The van der Waals surface area contributed by atoms with Gasteiger partial charge in [-0.15, -0.1) is 0 Å². The van der Waals surface area contributed by atoms with Gasteiger partial charge in [-0.05, 0) is 36.8 Å². The Hall–Kier alpha value is -2.00. The minimum absolute atomic E-state index is 0.227. The first kappa shape index (κ1) is 12.5. The van der Waals surface area contributed by atoms with Crippen molar-refractivity contribution in [2.75, 3.05) is 11.1 Å². The van der Waals surface area contributed by atoms with Crippen molar-refractivity contribution in [1.82, 2.24) is 0 Å². The number of rotatable bonds is 2. The van der Waals surface area contributed by atoms with Crippen molar-refractivity contribution >= 4 is 28.9 Å². The first-order chi connectivity index (χ1) is 8.58. The Morgan fingerprint density at radius 1 is 1.22 bits per heavy atom. The third kappa shape index (κ3) is 2.63. The highest BCUT2D eigenvalue weighted by Crippen LogP contribution is 2.25. The van der Waals surface area contributed by atoms with Crippen molar-refractivity contribution in [2.45, 2.75) is 6.92 Å². The maximum Gasteiger partial charge on any atom is 0.255 e. The number of nitrogens with two attached hydrogens (primary N) is 1. The second kappa shape index (κ2) is 5.10. The zero-order valence-electron chi connectivity index (χ0n) is 9.91. The molecule has 18 heavy (non-hydrogen) atoms. The third-order valence-corrected chi connectivity index (χ3v) is 3.09. The van der Waals surface area contributed by atoms with E-state index >= 15 is 0 Å². The van der Waals surface area contributed by atoms with Crippen molar-refractivity contribution in [1.29, 1.82) is 0 Å². The van der Waals surface area contributed by atoms with Gasteiger partial charge in [0.05, 0.1) is 10.7 Å². The second-order valence-corrected chi connectivity index (χ2v) is 4.39. The lowest BCUT2D eigenvalue weighted by Gasteiger charge is -2.09. The number of hydrogen-bond donors (Lipinski definition) is 2. The topological polar surface area (TPSA) is 55.1 Å². The van der Waals surface area contributed by atoms with Gasteiger partial charge < -0.3 is 11.1 Å². The van der Waals surface area contributed by atoms with Gasteiger partial charge in [0.2, 0.25) is 0 Å². The van der Waals surface area contributed by atoms with Crippen LogP contribution in [0.1, 0.15) is 15.9 Å². The van der Waals surface area contributed by atoms with Crippen LogP contribution in [0.2, 0.25) is 5.02 Å². The summed E-state index contributed by atoms with van der Waals surface area (Å²) >= 11 is 6.12. The largest absolute Gasteiger partial charge is 0.399 e. The Bertz CT molecular complexity index is 596. The number of carbonyl (C=O) groups is 1. The van der Waals surface area contributed by atoms with Crippen LogP contribution >= 0.6 is 11.6 Å². The zero-order chi connectivity index (χ0) is 13.1. The van der Waals surface area contributed by atoms with Gasteiger partial charge in [-0.25, -0.2) is 0 Å². The fourth-order valence-corrected chi connectivity index (χ4v) is 1.79. The molecule has 0 atom stereocenters. The van der Waals surface area contributed by atoms with Gasteiger partial charge in [0.1, 0.15) is 0 Å². The van der Waals surface area contributed by atoms with Crippen molar-refractivity contribution in [2.24, 2.45) is 0 Å². The van der Waals surface area contributed by atoms with Gasteiger partial charge in [-0.1, -0.05) is 29.8 Å². The van der Waals surface area contributed by atoms with E-state index in [1.165, 1.54) is 0 Å². The summed E-state index contributed by atoms with van der Waals surface area (Å²) in [6.07, 6.45) is 0. The molecule has 2 aromatic rings. The van der Waals surface area contributed by atoms with Crippen LogP contribution in [0.25, 0.3) is 0 Å². The molecule has 0 spiro atoms. The van der Waals surface area contributed by atoms with E-state index in [1.807, 2.05) is 19.1 Å². The summed E-state index contributed by atoms with van der Waals surface area (Å²) in [4.78, 5) is 12.0. The summed E-state index contributed by atoms with van der Waals surface area (Å²) in [6, 6.07) is 12.3. The number of carbonyl (C=O) groups excluding carboxylic acids is 1. The molecule has 0 aromatic heterocycles. The monoisotopic (exact) mass is 260 g/mol. The number of benzene rings is 2. The highest BCUT2D eigenvalue weighted by Gasteiger charge is 2.09. The second-order valence-electron chi connectivity index (χ2n) is 4.02. The molecule has 0 fully saturated rings. The average molecular weight is 261 g/mol. The van der Waals surface area contributed by atoms with Gasteiger partial charge in [0.25, 0.3) is 5.91 Å². The van der Waals surface area contributed by atoms with Crippen molar-refractivity contribution in [3.8, 4) is 0 Å². The van der Waals surface area contributed by atoms with Crippen LogP contribution in [0.4, 0.5) is 11.4 Å². The molecule has 0 aliphatic rings. The fourth-order valence-electron chi connectivity index (χ4n) is 1.62. The number of anilines is 2. The summed E-state index contributed by atoms with van der Waals surface area (Å²) in [5.74, 6) is -0.227.